The monoisotopic (exact) mass is 291 g/mol. The topological polar surface area (TPSA) is 45.7 Å². The van der Waals surface area contributed by atoms with Crippen molar-refractivity contribution in [2.24, 2.45) is 0 Å². The second kappa shape index (κ2) is 6.43. The predicted octanol–water partition coefficient (Wildman–Crippen LogP) is 2.52. The van der Waals surface area contributed by atoms with Gasteiger partial charge in [0.2, 0.25) is 0 Å². The van der Waals surface area contributed by atoms with E-state index < -0.39 is 5.60 Å². The number of aromatic nitrogens is 1. The first-order valence-corrected chi connectivity index (χ1v) is 7.46. The van der Waals surface area contributed by atoms with E-state index in [0.29, 0.717) is 6.54 Å². The predicted molar refractivity (Wildman–Crippen MR) is 81.9 cm³/mol. The quantitative estimate of drug-likeness (QED) is 0.840. The van der Waals surface area contributed by atoms with Gasteiger partial charge in [0.05, 0.1) is 0 Å². The van der Waals surface area contributed by atoms with Crippen molar-refractivity contribution in [3.8, 4) is 0 Å². The van der Waals surface area contributed by atoms with Crippen LogP contribution in [0.5, 0.6) is 0 Å². The Morgan fingerprint density at radius 2 is 2.00 bits per heavy atom. The van der Waals surface area contributed by atoms with Crippen LogP contribution in [0.4, 0.5) is 4.79 Å². The van der Waals surface area contributed by atoms with Crippen molar-refractivity contribution in [2.45, 2.75) is 45.9 Å². The molecule has 1 fully saturated rings. The molecule has 2 rings (SSSR count). The highest BCUT2D eigenvalue weighted by Crippen LogP contribution is 2.17. The van der Waals surface area contributed by atoms with Crippen LogP contribution in [0, 0.1) is 0 Å². The van der Waals surface area contributed by atoms with E-state index in [4.69, 9.17) is 4.74 Å². The van der Waals surface area contributed by atoms with Gasteiger partial charge in [-0.05, 0) is 45.4 Å². The van der Waals surface area contributed by atoms with Gasteiger partial charge < -0.3 is 9.64 Å². The lowest BCUT2D eigenvalue weighted by Gasteiger charge is -2.40. The summed E-state index contributed by atoms with van der Waals surface area (Å²) in [6.07, 6.45) is 3.42. The van der Waals surface area contributed by atoms with Gasteiger partial charge in [-0.3, -0.25) is 9.88 Å². The minimum Gasteiger partial charge on any atom is -0.444 e. The molecule has 116 valence electrons. The van der Waals surface area contributed by atoms with Crippen LogP contribution >= 0.6 is 0 Å². The van der Waals surface area contributed by atoms with Crippen LogP contribution in [0.2, 0.25) is 0 Å². The van der Waals surface area contributed by atoms with Crippen LogP contribution < -0.4 is 0 Å². The first-order chi connectivity index (χ1) is 9.85. The van der Waals surface area contributed by atoms with Crippen molar-refractivity contribution in [2.75, 3.05) is 19.6 Å². The Morgan fingerprint density at radius 3 is 2.57 bits per heavy atom. The van der Waals surface area contributed by atoms with Crippen molar-refractivity contribution in [1.29, 1.82) is 0 Å². The van der Waals surface area contributed by atoms with Crippen molar-refractivity contribution < 1.29 is 9.53 Å². The van der Waals surface area contributed by atoms with Crippen LogP contribution in [0.25, 0.3) is 0 Å². The molecule has 2 heterocycles. The second-order valence-corrected chi connectivity index (χ2v) is 6.61. The van der Waals surface area contributed by atoms with Crippen molar-refractivity contribution in [1.82, 2.24) is 14.8 Å². The van der Waals surface area contributed by atoms with E-state index in [-0.39, 0.29) is 12.1 Å². The highest BCUT2D eigenvalue weighted by Gasteiger charge is 2.30. The van der Waals surface area contributed by atoms with Crippen molar-refractivity contribution in [3.05, 3.63) is 30.1 Å². The minimum atomic E-state index is -0.440. The fourth-order valence-corrected chi connectivity index (χ4v) is 2.51. The second-order valence-electron chi connectivity index (χ2n) is 6.61. The van der Waals surface area contributed by atoms with E-state index in [2.05, 4.69) is 16.8 Å². The van der Waals surface area contributed by atoms with Gasteiger partial charge in [0.1, 0.15) is 5.60 Å². The molecule has 1 aromatic heterocycles. The molecule has 0 spiro atoms. The fraction of sp³-hybridized carbons (Fsp3) is 0.625. The molecule has 0 unspecified atom stereocenters. The summed E-state index contributed by atoms with van der Waals surface area (Å²) in [5.74, 6) is 0. The Balaban J connectivity index is 1.89. The molecule has 0 bridgehead atoms. The molecule has 0 aromatic carbocycles. The van der Waals surface area contributed by atoms with Crippen LogP contribution in [-0.2, 0) is 11.3 Å². The summed E-state index contributed by atoms with van der Waals surface area (Å²) in [4.78, 5) is 20.4. The number of amides is 1. The van der Waals surface area contributed by atoms with Crippen LogP contribution in [-0.4, -0.2) is 52.2 Å². The van der Waals surface area contributed by atoms with Crippen LogP contribution in [0.15, 0.2) is 24.5 Å². The lowest BCUT2D eigenvalue weighted by Crippen LogP contribution is -2.54. The third kappa shape index (κ3) is 4.70. The van der Waals surface area contributed by atoms with E-state index in [1.165, 1.54) is 5.56 Å². The summed E-state index contributed by atoms with van der Waals surface area (Å²) in [6.45, 7) is 11.1. The summed E-state index contributed by atoms with van der Waals surface area (Å²) in [7, 11) is 0. The molecule has 1 amide bonds. The number of carbonyl (C=O) groups excluding carboxylic acids is 1. The van der Waals surface area contributed by atoms with E-state index >= 15 is 0 Å². The first kappa shape index (κ1) is 15.8. The van der Waals surface area contributed by atoms with Gasteiger partial charge in [0.25, 0.3) is 0 Å². The highest BCUT2D eigenvalue weighted by atomic mass is 16.6. The molecule has 5 heteroatoms. The number of carbonyl (C=O) groups is 1. The molecule has 1 aliphatic rings. The standard InChI is InChI=1S/C16H25N3O2/c1-13-11-18(12-14-5-7-17-8-6-14)9-10-19(13)15(20)21-16(2,3)4/h5-8,13H,9-12H2,1-4H3/t13-/m1/s1. The van der Waals surface area contributed by atoms with Gasteiger partial charge >= 0.3 is 6.09 Å². The summed E-state index contributed by atoms with van der Waals surface area (Å²) < 4.78 is 5.46. The third-order valence-corrected chi connectivity index (χ3v) is 3.50. The number of hydrogen-bond acceptors (Lipinski definition) is 4. The van der Waals surface area contributed by atoms with E-state index in [0.717, 1.165) is 19.6 Å². The van der Waals surface area contributed by atoms with Crippen LogP contribution in [0.1, 0.15) is 33.3 Å². The number of rotatable bonds is 2. The fourth-order valence-electron chi connectivity index (χ4n) is 2.51. The van der Waals surface area contributed by atoms with Gasteiger partial charge in [-0.15, -0.1) is 0 Å². The largest absolute Gasteiger partial charge is 0.444 e. The average Bonchev–Trinajstić information content (AvgIpc) is 2.37. The summed E-state index contributed by atoms with van der Waals surface area (Å²) >= 11 is 0. The number of ether oxygens (including phenoxy) is 1. The molecule has 5 nitrogen and oxygen atoms in total. The third-order valence-electron chi connectivity index (χ3n) is 3.50. The van der Waals surface area contributed by atoms with Gasteiger partial charge in [-0.1, -0.05) is 0 Å². The maximum Gasteiger partial charge on any atom is 0.410 e. The number of pyridine rings is 1. The van der Waals surface area contributed by atoms with E-state index in [9.17, 15) is 4.79 Å². The number of nitrogens with zero attached hydrogens (tertiary/aromatic N) is 3. The lowest BCUT2D eigenvalue weighted by molar-refractivity contribution is 0.000562. The molecule has 0 saturated carbocycles. The molecule has 1 aliphatic heterocycles. The minimum absolute atomic E-state index is 0.162. The molecule has 21 heavy (non-hydrogen) atoms. The normalized spacial score (nSPS) is 20.4. The van der Waals surface area contributed by atoms with Gasteiger partial charge in [0.15, 0.2) is 0 Å². The van der Waals surface area contributed by atoms with Gasteiger partial charge in [-0.2, -0.15) is 0 Å². The van der Waals surface area contributed by atoms with E-state index in [1.54, 1.807) is 0 Å². The molecule has 0 N–H and O–H groups in total. The van der Waals surface area contributed by atoms with Crippen LogP contribution in [0.3, 0.4) is 0 Å². The highest BCUT2D eigenvalue weighted by molar-refractivity contribution is 5.68. The smallest absolute Gasteiger partial charge is 0.410 e. The molecule has 0 radical (unpaired) electrons. The molecular weight excluding hydrogens is 266 g/mol. The van der Waals surface area contributed by atoms with Crippen molar-refractivity contribution >= 4 is 6.09 Å². The summed E-state index contributed by atoms with van der Waals surface area (Å²) in [6, 6.07) is 4.23. The Morgan fingerprint density at radius 1 is 1.33 bits per heavy atom. The average molecular weight is 291 g/mol. The number of hydrogen-bond donors (Lipinski definition) is 0. The Kier molecular flexibility index (Phi) is 4.83. The molecule has 1 aromatic rings. The molecule has 1 saturated heterocycles. The SMILES string of the molecule is C[C@@H]1CN(Cc2ccncc2)CCN1C(=O)OC(C)(C)C. The molecule has 0 aliphatic carbocycles. The Labute approximate surface area is 126 Å². The zero-order chi connectivity index (χ0) is 15.5. The van der Waals surface area contributed by atoms with Crippen molar-refractivity contribution in [3.63, 3.8) is 0 Å². The van der Waals surface area contributed by atoms with E-state index in [1.807, 2.05) is 50.2 Å². The Bertz CT molecular complexity index is 470. The van der Waals surface area contributed by atoms with Gasteiger partial charge in [0, 0.05) is 44.6 Å². The maximum atomic E-state index is 12.2. The number of piperazine rings is 1. The summed E-state index contributed by atoms with van der Waals surface area (Å²) in [5.41, 5.74) is 0.813. The first-order valence-electron chi connectivity index (χ1n) is 7.46. The van der Waals surface area contributed by atoms with Gasteiger partial charge in [-0.25, -0.2) is 4.79 Å². The zero-order valence-electron chi connectivity index (χ0n) is 13.4. The zero-order valence-corrected chi connectivity index (χ0v) is 13.4. The Hall–Kier alpha value is -1.62. The molecule has 1 atom stereocenters. The maximum absolute atomic E-state index is 12.2. The summed E-state index contributed by atoms with van der Waals surface area (Å²) in [5, 5.41) is 0. The lowest BCUT2D eigenvalue weighted by atomic mass is 10.1. The molecular formula is C16H25N3O2.